The van der Waals surface area contributed by atoms with Crippen LogP contribution in [0.5, 0.6) is 0 Å². The monoisotopic (exact) mass is 376 g/mol. The predicted molar refractivity (Wildman–Crippen MR) is 89.5 cm³/mol. The first-order chi connectivity index (χ1) is 10.4. The first-order valence-corrected chi connectivity index (χ1v) is 10.4. The van der Waals surface area contributed by atoms with Crippen molar-refractivity contribution in [2.24, 2.45) is 0 Å². The summed E-state index contributed by atoms with van der Waals surface area (Å²) >= 11 is 0. The molecular weight excluding hydrogens is 342 g/mol. The maximum atomic E-state index is 14.4. The average Bonchev–Trinajstić information content (AvgIpc) is 2.44. The molecular formula is C17H34FKO3S. The van der Waals surface area contributed by atoms with Crippen LogP contribution in [0.4, 0.5) is 4.39 Å². The summed E-state index contributed by atoms with van der Waals surface area (Å²) in [5, 5.41) is -2.55. The van der Waals surface area contributed by atoms with Crippen LogP contribution in [-0.2, 0) is 10.1 Å². The molecule has 23 heavy (non-hydrogen) atoms. The van der Waals surface area contributed by atoms with Crippen LogP contribution in [0, 0.1) is 0 Å². The second-order valence-corrected chi connectivity index (χ2v) is 8.01. The fourth-order valence-corrected chi connectivity index (χ4v) is 3.50. The van der Waals surface area contributed by atoms with Crippen LogP contribution in [0.1, 0.15) is 104 Å². The molecule has 0 saturated carbocycles. The summed E-state index contributed by atoms with van der Waals surface area (Å²) in [6.45, 7) is 4.15. The van der Waals surface area contributed by atoms with E-state index in [1.807, 2.05) is 6.92 Å². The van der Waals surface area contributed by atoms with Gasteiger partial charge < -0.3 is 4.55 Å². The van der Waals surface area contributed by atoms with Crippen LogP contribution in [-0.4, -0.2) is 18.0 Å². The van der Waals surface area contributed by atoms with Gasteiger partial charge in [0.2, 0.25) is 0 Å². The Bertz CT molecular complexity index is 363. The minimum atomic E-state index is -4.87. The molecule has 0 aliphatic carbocycles. The van der Waals surface area contributed by atoms with Crippen molar-refractivity contribution >= 4 is 10.1 Å². The van der Waals surface area contributed by atoms with Gasteiger partial charge in [0.1, 0.15) is 10.1 Å². The Kier molecular flexibility index (Phi) is 18.2. The Morgan fingerprint density at radius 3 is 1.43 bits per heavy atom. The van der Waals surface area contributed by atoms with Gasteiger partial charge in [-0.15, -0.1) is 0 Å². The molecule has 0 rings (SSSR count). The standard InChI is InChI=1S/C17H35FO3S.K/c1-3-5-7-8-9-10-11-12-14-16-17(18,22(19,20)21)15-13-6-4-2;/h3-16H2,1-2H3,(H,19,20,21);/q;+1/p-1. The summed E-state index contributed by atoms with van der Waals surface area (Å²) in [5.41, 5.74) is 0. The molecule has 1 atom stereocenters. The van der Waals surface area contributed by atoms with E-state index in [0.717, 1.165) is 32.1 Å². The maximum Gasteiger partial charge on any atom is 1.00 e. The van der Waals surface area contributed by atoms with E-state index < -0.39 is 15.1 Å². The Hall–Kier alpha value is 1.48. The SMILES string of the molecule is CCCCCCCCCCCC(F)(CCCCC)S(=O)(=O)[O-].[K+]. The zero-order valence-electron chi connectivity index (χ0n) is 15.4. The van der Waals surface area contributed by atoms with Crippen LogP contribution >= 0.6 is 0 Å². The van der Waals surface area contributed by atoms with Crippen molar-refractivity contribution in [2.75, 3.05) is 0 Å². The number of alkyl halides is 1. The van der Waals surface area contributed by atoms with Gasteiger partial charge >= 0.3 is 51.4 Å². The molecule has 0 aromatic heterocycles. The first-order valence-electron chi connectivity index (χ1n) is 9.01. The Labute approximate surface area is 185 Å². The van der Waals surface area contributed by atoms with Gasteiger partial charge in [0.25, 0.3) is 0 Å². The van der Waals surface area contributed by atoms with Crippen molar-refractivity contribution in [2.45, 2.75) is 109 Å². The molecule has 6 heteroatoms. The van der Waals surface area contributed by atoms with Gasteiger partial charge in [0, 0.05) is 0 Å². The Morgan fingerprint density at radius 1 is 0.739 bits per heavy atom. The van der Waals surface area contributed by atoms with E-state index in [-0.39, 0.29) is 64.2 Å². The Balaban J connectivity index is 0. The molecule has 0 saturated heterocycles. The quantitative estimate of drug-likeness (QED) is 0.251. The molecule has 0 aliphatic heterocycles. The van der Waals surface area contributed by atoms with Gasteiger partial charge in [-0.3, -0.25) is 0 Å². The third kappa shape index (κ3) is 13.4. The van der Waals surface area contributed by atoms with Gasteiger partial charge in [-0.05, 0) is 25.7 Å². The summed E-state index contributed by atoms with van der Waals surface area (Å²) in [6.07, 6.45) is 11.4. The molecule has 134 valence electrons. The van der Waals surface area contributed by atoms with Gasteiger partial charge in [-0.1, -0.05) is 78.1 Å². The summed E-state index contributed by atoms with van der Waals surface area (Å²) in [7, 11) is -4.87. The van der Waals surface area contributed by atoms with Crippen molar-refractivity contribution < 1.29 is 68.7 Å². The van der Waals surface area contributed by atoms with Crippen molar-refractivity contribution in [3.63, 3.8) is 0 Å². The van der Waals surface area contributed by atoms with E-state index in [1.54, 1.807) is 0 Å². The second kappa shape index (κ2) is 15.7. The molecule has 0 fully saturated rings. The van der Waals surface area contributed by atoms with E-state index in [0.29, 0.717) is 12.8 Å². The first kappa shape index (κ1) is 26.7. The number of rotatable bonds is 15. The molecule has 0 spiro atoms. The average molecular weight is 377 g/mol. The zero-order valence-corrected chi connectivity index (χ0v) is 19.4. The predicted octanol–water partition coefficient (Wildman–Crippen LogP) is 2.70. The van der Waals surface area contributed by atoms with Gasteiger partial charge in [0.15, 0.2) is 5.00 Å². The molecule has 0 aliphatic rings. The largest absolute Gasteiger partial charge is 1.00 e. The van der Waals surface area contributed by atoms with Crippen molar-refractivity contribution in [1.29, 1.82) is 0 Å². The summed E-state index contributed by atoms with van der Waals surface area (Å²) < 4.78 is 48.0. The Morgan fingerprint density at radius 2 is 1.04 bits per heavy atom. The van der Waals surface area contributed by atoms with E-state index in [9.17, 15) is 17.4 Å². The summed E-state index contributed by atoms with van der Waals surface area (Å²) in [4.78, 5) is 0. The van der Waals surface area contributed by atoms with E-state index in [2.05, 4.69) is 6.92 Å². The van der Waals surface area contributed by atoms with Crippen molar-refractivity contribution in [3.05, 3.63) is 0 Å². The molecule has 0 N–H and O–H groups in total. The van der Waals surface area contributed by atoms with Gasteiger partial charge in [-0.2, -0.15) is 0 Å². The van der Waals surface area contributed by atoms with Crippen LogP contribution in [0.25, 0.3) is 0 Å². The molecule has 0 aromatic rings. The summed E-state index contributed by atoms with van der Waals surface area (Å²) in [5.74, 6) is 0. The van der Waals surface area contributed by atoms with E-state index >= 15 is 0 Å². The molecule has 0 radical (unpaired) electrons. The maximum absolute atomic E-state index is 14.4. The number of hydrogen-bond donors (Lipinski definition) is 0. The molecule has 0 bridgehead atoms. The smallest absolute Gasteiger partial charge is 0.745 e. The van der Waals surface area contributed by atoms with Crippen LogP contribution in [0.2, 0.25) is 0 Å². The van der Waals surface area contributed by atoms with Crippen LogP contribution < -0.4 is 51.4 Å². The topological polar surface area (TPSA) is 57.2 Å². The molecule has 0 aromatic carbocycles. The third-order valence-corrected chi connectivity index (χ3v) is 5.56. The minimum absolute atomic E-state index is 0. The van der Waals surface area contributed by atoms with Gasteiger partial charge in [0.05, 0.1) is 0 Å². The van der Waals surface area contributed by atoms with Crippen LogP contribution in [0.3, 0.4) is 0 Å². The fourth-order valence-electron chi connectivity index (χ4n) is 2.71. The molecule has 0 amide bonds. The number of halogens is 1. The van der Waals surface area contributed by atoms with E-state index in [4.69, 9.17) is 0 Å². The molecule has 3 nitrogen and oxygen atoms in total. The van der Waals surface area contributed by atoms with Crippen molar-refractivity contribution in [1.82, 2.24) is 0 Å². The minimum Gasteiger partial charge on any atom is -0.745 e. The number of hydrogen-bond acceptors (Lipinski definition) is 3. The number of unbranched alkanes of at least 4 members (excludes halogenated alkanes) is 10. The fraction of sp³-hybridized carbons (Fsp3) is 1.00. The second-order valence-electron chi connectivity index (χ2n) is 6.37. The molecule has 0 heterocycles. The van der Waals surface area contributed by atoms with E-state index in [1.165, 1.54) is 32.1 Å². The third-order valence-electron chi connectivity index (χ3n) is 4.26. The van der Waals surface area contributed by atoms with Gasteiger partial charge in [-0.25, -0.2) is 12.8 Å². The summed E-state index contributed by atoms with van der Waals surface area (Å²) in [6, 6.07) is 0. The van der Waals surface area contributed by atoms with Crippen molar-refractivity contribution in [3.8, 4) is 0 Å². The normalized spacial score (nSPS) is 14.3. The molecule has 1 unspecified atom stereocenters. The zero-order chi connectivity index (χ0) is 16.9. The van der Waals surface area contributed by atoms with Crippen LogP contribution in [0.15, 0.2) is 0 Å².